The fourth-order valence-electron chi connectivity index (χ4n) is 3.36. The van der Waals surface area contributed by atoms with Gasteiger partial charge in [-0.15, -0.1) is 0 Å². The highest BCUT2D eigenvalue weighted by atomic mass is 16.1. The average molecular weight is 320 g/mol. The van der Waals surface area contributed by atoms with Crippen LogP contribution in [0.2, 0.25) is 0 Å². The Morgan fingerprint density at radius 3 is 2.88 bits per heavy atom. The van der Waals surface area contributed by atoms with Gasteiger partial charge in [0, 0.05) is 25.2 Å². The number of nitrogens with one attached hydrogen (secondary N) is 1. The van der Waals surface area contributed by atoms with E-state index in [9.17, 15) is 4.79 Å². The van der Waals surface area contributed by atoms with Crippen molar-refractivity contribution in [1.82, 2.24) is 19.8 Å². The van der Waals surface area contributed by atoms with E-state index in [1.165, 1.54) is 5.56 Å². The van der Waals surface area contributed by atoms with Crippen LogP contribution in [0.25, 0.3) is 22.4 Å². The predicted molar refractivity (Wildman–Crippen MR) is 94.9 cm³/mol. The molecule has 1 aromatic heterocycles. The van der Waals surface area contributed by atoms with Gasteiger partial charge in [0.1, 0.15) is 5.82 Å². The Morgan fingerprint density at radius 1 is 1.21 bits per heavy atom. The number of carbonyl (C=O) groups is 1. The van der Waals surface area contributed by atoms with Crippen LogP contribution in [0.1, 0.15) is 15.9 Å². The zero-order chi connectivity index (χ0) is 16.7. The van der Waals surface area contributed by atoms with Gasteiger partial charge in [0.2, 0.25) is 0 Å². The quantitative estimate of drug-likeness (QED) is 0.807. The summed E-state index contributed by atoms with van der Waals surface area (Å²) in [7, 11) is 4.13. The molecule has 5 heteroatoms. The van der Waals surface area contributed by atoms with Gasteiger partial charge in [0.15, 0.2) is 0 Å². The zero-order valence-corrected chi connectivity index (χ0v) is 13.9. The Labute approximate surface area is 140 Å². The first-order valence-corrected chi connectivity index (χ1v) is 8.15. The maximum Gasteiger partial charge on any atom is 0.253 e. The lowest BCUT2D eigenvalue weighted by Gasteiger charge is -2.12. The maximum atomic E-state index is 12.3. The van der Waals surface area contributed by atoms with E-state index in [1.54, 1.807) is 0 Å². The van der Waals surface area contributed by atoms with Crippen molar-refractivity contribution in [2.75, 3.05) is 20.6 Å². The molecule has 0 saturated carbocycles. The van der Waals surface area contributed by atoms with E-state index in [4.69, 9.17) is 4.98 Å². The highest BCUT2D eigenvalue weighted by Crippen LogP contribution is 2.28. The standard InChI is InChI=1S/C19H20N4O/c1-22(2)12-13-5-3-6-14(11-13)18-21-16-8-4-7-15-17(16)23(18)10-9-20-19(15)24/h3-8,11H,9-10,12H2,1-2H3,(H,20,24). The number of imidazole rings is 1. The van der Waals surface area contributed by atoms with Gasteiger partial charge in [-0.25, -0.2) is 4.98 Å². The van der Waals surface area contributed by atoms with Crippen molar-refractivity contribution >= 4 is 16.9 Å². The number of benzene rings is 2. The van der Waals surface area contributed by atoms with Gasteiger partial charge in [0.05, 0.1) is 16.6 Å². The summed E-state index contributed by atoms with van der Waals surface area (Å²) < 4.78 is 2.16. The second-order valence-electron chi connectivity index (χ2n) is 6.45. The minimum Gasteiger partial charge on any atom is -0.350 e. The second kappa shape index (κ2) is 5.76. The molecule has 0 bridgehead atoms. The van der Waals surface area contributed by atoms with E-state index in [0.29, 0.717) is 12.1 Å². The van der Waals surface area contributed by atoms with Gasteiger partial charge >= 0.3 is 0 Å². The highest BCUT2D eigenvalue weighted by molar-refractivity contribution is 6.06. The second-order valence-corrected chi connectivity index (χ2v) is 6.45. The van der Waals surface area contributed by atoms with Crippen LogP contribution in [-0.4, -0.2) is 41.0 Å². The normalized spacial score (nSPS) is 14.0. The van der Waals surface area contributed by atoms with Crippen molar-refractivity contribution in [3.63, 3.8) is 0 Å². The molecule has 1 aliphatic heterocycles. The number of rotatable bonds is 3. The van der Waals surface area contributed by atoms with Crippen molar-refractivity contribution in [2.24, 2.45) is 0 Å². The summed E-state index contributed by atoms with van der Waals surface area (Å²) >= 11 is 0. The van der Waals surface area contributed by atoms with Crippen LogP contribution in [0.3, 0.4) is 0 Å². The first-order chi connectivity index (χ1) is 11.6. The first-order valence-electron chi connectivity index (χ1n) is 8.15. The average Bonchev–Trinajstić information content (AvgIpc) is 2.84. The summed E-state index contributed by atoms with van der Waals surface area (Å²) in [5.41, 5.74) is 4.84. The van der Waals surface area contributed by atoms with Gasteiger partial charge in [-0.3, -0.25) is 4.79 Å². The van der Waals surface area contributed by atoms with Gasteiger partial charge in [0.25, 0.3) is 5.91 Å². The molecule has 1 N–H and O–H groups in total. The van der Waals surface area contributed by atoms with Crippen molar-refractivity contribution in [1.29, 1.82) is 0 Å². The molecule has 122 valence electrons. The number of nitrogens with zero attached hydrogens (tertiary/aromatic N) is 3. The summed E-state index contributed by atoms with van der Waals surface area (Å²) in [6.07, 6.45) is 0. The molecule has 2 heterocycles. The SMILES string of the molecule is CN(C)Cc1cccc(-c2nc3cccc4c3n2CCNC4=O)c1. The molecule has 5 nitrogen and oxygen atoms in total. The first kappa shape index (κ1) is 14.9. The molecule has 0 fully saturated rings. The smallest absolute Gasteiger partial charge is 0.253 e. The van der Waals surface area contributed by atoms with Crippen molar-refractivity contribution in [3.8, 4) is 11.4 Å². The molecule has 0 spiro atoms. The summed E-state index contributed by atoms with van der Waals surface area (Å²) in [5.74, 6) is 0.904. The third kappa shape index (κ3) is 2.47. The lowest BCUT2D eigenvalue weighted by Crippen LogP contribution is -2.24. The molecule has 0 aliphatic carbocycles. The molecule has 0 unspecified atom stereocenters. The molecule has 0 saturated heterocycles. The van der Waals surface area contributed by atoms with Gasteiger partial charge < -0.3 is 14.8 Å². The van der Waals surface area contributed by atoms with E-state index in [1.807, 2.05) is 18.2 Å². The number of hydrogen-bond acceptors (Lipinski definition) is 3. The van der Waals surface area contributed by atoms with Crippen molar-refractivity contribution in [2.45, 2.75) is 13.1 Å². The summed E-state index contributed by atoms with van der Waals surface area (Å²) in [6.45, 7) is 2.23. The Morgan fingerprint density at radius 2 is 2.04 bits per heavy atom. The summed E-state index contributed by atoms with van der Waals surface area (Å²) in [6, 6.07) is 14.2. The van der Waals surface area contributed by atoms with E-state index >= 15 is 0 Å². The summed E-state index contributed by atoms with van der Waals surface area (Å²) in [5, 5.41) is 2.96. The molecule has 4 rings (SSSR count). The zero-order valence-electron chi connectivity index (χ0n) is 13.9. The highest BCUT2D eigenvalue weighted by Gasteiger charge is 2.21. The number of para-hydroxylation sites is 1. The minimum atomic E-state index is -0.0211. The number of amides is 1. The van der Waals surface area contributed by atoms with Crippen LogP contribution < -0.4 is 5.32 Å². The molecule has 24 heavy (non-hydrogen) atoms. The molecule has 1 aliphatic rings. The topological polar surface area (TPSA) is 50.2 Å². The number of carbonyl (C=O) groups excluding carboxylic acids is 1. The van der Waals surface area contributed by atoms with Crippen LogP contribution in [0.5, 0.6) is 0 Å². The van der Waals surface area contributed by atoms with Crippen LogP contribution in [0, 0.1) is 0 Å². The van der Waals surface area contributed by atoms with Crippen LogP contribution in [-0.2, 0) is 13.1 Å². The largest absolute Gasteiger partial charge is 0.350 e. The minimum absolute atomic E-state index is 0.0211. The molecule has 0 radical (unpaired) electrons. The third-order valence-electron chi connectivity index (χ3n) is 4.32. The Bertz CT molecular complexity index is 926. The molecule has 3 aromatic rings. The van der Waals surface area contributed by atoms with E-state index in [0.717, 1.165) is 35.5 Å². The van der Waals surface area contributed by atoms with Gasteiger partial charge in [-0.1, -0.05) is 24.3 Å². The monoisotopic (exact) mass is 320 g/mol. The molecule has 0 atom stereocenters. The fourth-order valence-corrected chi connectivity index (χ4v) is 3.36. The van der Waals surface area contributed by atoms with Gasteiger partial charge in [-0.05, 0) is 37.9 Å². The van der Waals surface area contributed by atoms with Crippen LogP contribution in [0.4, 0.5) is 0 Å². The van der Waals surface area contributed by atoms with Crippen molar-refractivity contribution in [3.05, 3.63) is 53.6 Å². The lowest BCUT2D eigenvalue weighted by atomic mass is 10.1. The number of aromatic nitrogens is 2. The van der Waals surface area contributed by atoms with E-state index in [2.05, 4.69) is 53.1 Å². The molecular weight excluding hydrogens is 300 g/mol. The van der Waals surface area contributed by atoms with E-state index < -0.39 is 0 Å². The van der Waals surface area contributed by atoms with Crippen LogP contribution in [0.15, 0.2) is 42.5 Å². The maximum absolute atomic E-state index is 12.3. The van der Waals surface area contributed by atoms with Gasteiger partial charge in [-0.2, -0.15) is 0 Å². The molecule has 2 aromatic carbocycles. The Balaban J connectivity index is 1.90. The molecular formula is C19H20N4O. The Kier molecular flexibility index (Phi) is 3.58. The molecule has 1 amide bonds. The third-order valence-corrected chi connectivity index (χ3v) is 4.32. The number of hydrogen-bond donors (Lipinski definition) is 1. The Hall–Kier alpha value is -2.66. The fraction of sp³-hybridized carbons (Fsp3) is 0.263. The van der Waals surface area contributed by atoms with Crippen LogP contribution >= 0.6 is 0 Å². The predicted octanol–water partition coefficient (Wildman–Crippen LogP) is 2.51. The lowest BCUT2D eigenvalue weighted by molar-refractivity contribution is 0.0956. The van der Waals surface area contributed by atoms with Crippen molar-refractivity contribution < 1.29 is 4.79 Å². The van der Waals surface area contributed by atoms with E-state index in [-0.39, 0.29) is 5.91 Å². The summed E-state index contributed by atoms with van der Waals surface area (Å²) in [4.78, 5) is 19.2.